The second kappa shape index (κ2) is 6.45. The number of hydrogen-bond acceptors (Lipinski definition) is 3. The van der Waals surface area contributed by atoms with Gasteiger partial charge in [0, 0.05) is 5.56 Å². The highest BCUT2D eigenvalue weighted by atomic mass is 35.5. The van der Waals surface area contributed by atoms with E-state index in [-0.39, 0.29) is 6.61 Å². The average molecular weight is 279 g/mol. The molecule has 1 N–H and O–H groups in total. The van der Waals surface area contributed by atoms with Gasteiger partial charge in [0.15, 0.2) is 0 Å². The molecule has 0 aliphatic heterocycles. The van der Waals surface area contributed by atoms with Gasteiger partial charge >= 0.3 is 0 Å². The van der Waals surface area contributed by atoms with Gasteiger partial charge in [-0.3, -0.25) is 0 Å². The zero-order valence-electron chi connectivity index (χ0n) is 10.6. The SMILES string of the molecule is COc1cccc(COc2c(Cl)cccc2CO)c1. The van der Waals surface area contributed by atoms with Crippen LogP contribution in [0.4, 0.5) is 0 Å². The van der Waals surface area contributed by atoms with Crippen LogP contribution in [-0.2, 0) is 13.2 Å². The van der Waals surface area contributed by atoms with Crippen LogP contribution in [0.15, 0.2) is 42.5 Å². The van der Waals surface area contributed by atoms with Gasteiger partial charge in [-0.2, -0.15) is 0 Å². The molecule has 4 heteroatoms. The minimum atomic E-state index is -0.103. The van der Waals surface area contributed by atoms with Gasteiger partial charge in [0.05, 0.1) is 18.7 Å². The van der Waals surface area contributed by atoms with Crippen LogP contribution in [0.3, 0.4) is 0 Å². The number of ether oxygens (including phenoxy) is 2. The first-order chi connectivity index (χ1) is 9.24. The molecule has 0 radical (unpaired) electrons. The molecular formula is C15H15ClO3. The molecule has 0 heterocycles. The lowest BCUT2D eigenvalue weighted by Crippen LogP contribution is -1.99. The summed E-state index contributed by atoms with van der Waals surface area (Å²) in [5.41, 5.74) is 1.65. The molecule has 0 aliphatic rings. The van der Waals surface area contributed by atoms with Gasteiger partial charge in [-0.1, -0.05) is 35.9 Å². The van der Waals surface area contributed by atoms with Crippen molar-refractivity contribution in [2.24, 2.45) is 0 Å². The van der Waals surface area contributed by atoms with E-state index in [1.54, 1.807) is 25.3 Å². The largest absolute Gasteiger partial charge is 0.497 e. The third kappa shape index (κ3) is 3.40. The highest BCUT2D eigenvalue weighted by Gasteiger charge is 2.08. The van der Waals surface area contributed by atoms with Crippen LogP contribution in [0.5, 0.6) is 11.5 Å². The number of halogens is 1. The van der Waals surface area contributed by atoms with Crippen molar-refractivity contribution in [2.75, 3.05) is 7.11 Å². The Kier molecular flexibility index (Phi) is 4.66. The van der Waals surface area contributed by atoms with Crippen LogP contribution in [0.1, 0.15) is 11.1 Å². The zero-order valence-corrected chi connectivity index (χ0v) is 11.4. The van der Waals surface area contributed by atoms with Gasteiger partial charge in [-0.25, -0.2) is 0 Å². The summed E-state index contributed by atoms with van der Waals surface area (Å²) in [6.07, 6.45) is 0. The number of rotatable bonds is 5. The van der Waals surface area contributed by atoms with Crippen LogP contribution < -0.4 is 9.47 Å². The minimum absolute atomic E-state index is 0.103. The summed E-state index contributed by atoms with van der Waals surface area (Å²) < 4.78 is 10.9. The first kappa shape index (κ1) is 13.7. The van der Waals surface area contributed by atoms with Crippen molar-refractivity contribution in [3.05, 3.63) is 58.6 Å². The Balaban J connectivity index is 2.14. The Morgan fingerprint density at radius 1 is 1.16 bits per heavy atom. The van der Waals surface area contributed by atoms with Gasteiger partial charge in [-0.05, 0) is 23.8 Å². The molecule has 2 aromatic rings. The average Bonchev–Trinajstić information content (AvgIpc) is 2.46. The summed E-state index contributed by atoms with van der Waals surface area (Å²) in [5, 5.41) is 9.76. The van der Waals surface area contributed by atoms with E-state index in [4.69, 9.17) is 21.1 Å². The highest BCUT2D eigenvalue weighted by molar-refractivity contribution is 6.32. The van der Waals surface area contributed by atoms with Crippen molar-refractivity contribution < 1.29 is 14.6 Å². The van der Waals surface area contributed by atoms with E-state index in [9.17, 15) is 5.11 Å². The topological polar surface area (TPSA) is 38.7 Å². The van der Waals surface area contributed by atoms with Gasteiger partial charge in [0.2, 0.25) is 0 Å². The molecule has 19 heavy (non-hydrogen) atoms. The molecule has 0 fully saturated rings. The van der Waals surface area contributed by atoms with Gasteiger partial charge in [0.25, 0.3) is 0 Å². The number of aliphatic hydroxyl groups is 1. The maximum atomic E-state index is 9.26. The Bertz CT molecular complexity index is 555. The monoisotopic (exact) mass is 278 g/mol. The van der Waals surface area contributed by atoms with Crippen molar-refractivity contribution in [1.29, 1.82) is 0 Å². The lowest BCUT2D eigenvalue weighted by molar-refractivity contribution is 0.259. The number of methoxy groups -OCH3 is 1. The van der Waals surface area contributed by atoms with Crippen molar-refractivity contribution >= 4 is 11.6 Å². The molecule has 2 aromatic carbocycles. The van der Waals surface area contributed by atoms with Gasteiger partial charge in [-0.15, -0.1) is 0 Å². The predicted octanol–water partition coefficient (Wildman–Crippen LogP) is 3.42. The maximum Gasteiger partial charge on any atom is 0.143 e. The maximum absolute atomic E-state index is 9.26. The van der Waals surface area contributed by atoms with Crippen LogP contribution in [0.2, 0.25) is 5.02 Å². The third-order valence-corrected chi connectivity index (χ3v) is 3.03. The van der Waals surface area contributed by atoms with E-state index in [1.807, 2.05) is 24.3 Å². The van der Waals surface area contributed by atoms with Crippen LogP contribution in [0, 0.1) is 0 Å². The van der Waals surface area contributed by atoms with E-state index in [0.717, 1.165) is 11.3 Å². The van der Waals surface area contributed by atoms with Gasteiger partial charge < -0.3 is 14.6 Å². The number of hydrogen-bond donors (Lipinski definition) is 1. The van der Waals surface area contributed by atoms with E-state index >= 15 is 0 Å². The Morgan fingerprint density at radius 2 is 1.95 bits per heavy atom. The fourth-order valence-corrected chi connectivity index (χ4v) is 2.01. The zero-order chi connectivity index (χ0) is 13.7. The molecule has 3 nitrogen and oxygen atoms in total. The molecule has 0 atom stereocenters. The molecule has 2 rings (SSSR count). The van der Waals surface area contributed by atoms with Crippen LogP contribution in [-0.4, -0.2) is 12.2 Å². The minimum Gasteiger partial charge on any atom is -0.497 e. The standard InChI is InChI=1S/C15H15ClO3/c1-18-13-6-2-4-11(8-13)10-19-15-12(9-17)5-3-7-14(15)16/h2-8,17H,9-10H2,1H3. The number of para-hydroxylation sites is 1. The summed E-state index contributed by atoms with van der Waals surface area (Å²) >= 11 is 6.07. The van der Waals surface area contributed by atoms with Crippen molar-refractivity contribution in [3.63, 3.8) is 0 Å². The summed E-state index contributed by atoms with van der Waals surface area (Å²) in [6, 6.07) is 12.9. The molecule has 0 spiro atoms. The van der Waals surface area contributed by atoms with Crippen LogP contribution in [0.25, 0.3) is 0 Å². The fraction of sp³-hybridized carbons (Fsp3) is 0.200. The number of benzene rings is 2. The van der Waals surface area contributed by atoms with Crippen molar-refractivity contribution in [3.8, 4) is 11.5 Å². The predicted molar refractivity (Wildman–Crippen MR) is 74.7 cm³/mol. The second-order valence-corrected chi connectivity index (χ2v) is 4.43. The molecule has 0 saturated carbocycles. The Hall–Kier alpha value is -1.71. The summed E-state index contributed by atoms with van der Waals surface area (Å²) in [4.78, 5) is 0. The first-order valence-corrected chi connectivity index (χ1v) is 6.26. The Labute approximate surface area is 117 Å². The normalized spacial score (nSPS) is 10.3. The second-order valence-electron chi connectivity index (χ2n) is 4.03. The smallest absolute Gasteiger partial charge is 0.143 e. The molecule has 100 valence electrons. The number of aliphatic hydroxyl groups excluding tert-OH is 1. The Morgan fingerprint density at radius 3 is 2.68 bits per heavy atom. The fourth-order valence-electron chi connectivity index (χ4n) is 1.76. The molecule has 0 bridgehead atoms. The molecule has 0 aliphatic carbocycles. The molecule has 0 saturated heterocycles. The quantitative estimate of drug-likeness (QED) is 0.911. The van der Waals surface area contributed by atoms with Gasteiger partial charge in [0.1, 0.15) is 18.1 Å². The molecule has 0 aromatic heterocycles. The molecule has 0 amide bonds. The van der Waals surface area contributed by atoms with E-state index in [2.05, 4.69) is 0 Å². The van der Waals surface area contributed by atoms with Crippen LogP contribution >= 0.6 is 11.6 Å². The van der Waals surface area contributed by atoms with E-state index < -0.39 is 0 Å². The molecular weight excluding hydrogens is 264 g/mol. The van der Waals surface area contributed by atoms with E-state index in [0.29, 0.717) is 22.9 Å². The van der Waals surface area contributed by atoms with Crippen molar-refractivity contribution in [1.82, 2.24) is 0 Å². The summed E-state index contributed by atoms with van der Waals surface area (Å²) in [7, 11) is 1.62. The summed E-state index contributed by atoms with van der Waals surface area (Å²) in [5.74, 6) is 1.30. The first-order valence-electron chi connectivity index (χ1n) is 5.88. The van der Waals surface area contributed by atoms with E-state index in [1.165, 1.54) is 0 Å². The molecule has 0 unspecified atom stereocenters. The summed E-state index contributed by atoms with van der Waals surface area (Å²) in [6.45, 7) is 0.266. The highest BCUT2D eigenvalue weighted by Crippen LogP contribution is 2.29. The van der Waals surface area contributed by atoms with Crippen molar-refractivity contribution in [2.45, 2.75) is 13.2 Å². The lowest BCUT2D eigenvalue weighted by atomic mass is 10.2. The lowest BCUT2D eigenvalue weighted by Gasteiger charge is -2.12. The third-order valence-electron chi connectivity index (χ3n) is 2.74.